The van der Waals surface area contributed by atoms with E-state index in [4.69, 9.17) is 0 Å². The molecule has 0 saturated carbocycles. The number of H-pyrrole nitrogens is 1. The lowest BCUT2D eigenvalue weighted by atomic mass is 10.1. The lowest BCUT2D eigenvalue weighted by Crippen LogP contribution is -2.35. The van der Waals surface area contributed by atoms with Gasteiger partial charge in [-0.05, 0) is 30.9 Å². The summed E-state index contributed by atoms with van der Waals surface area (Å²) in [5, 5.41) is 3.03. The second-order valence-electron chi connectivity index (χ2n) is 6.33. The van der Waals surface area contributed by atoms with Gasteiger partial charge in [-0.1, -0.05) is 0 Å². The number of fused-ring (bicyclic) bond motifs is 1. The van der Waals surface area contributed by atoms with Gasteiger partial charge in [-0.15, -0.1) is 0 Å². The van der Waals surface area contributed by atoms with Crippen molar-refractivity contribution < 1.29 is 4.79 Å². The molecule has 6 nitrogen and oxygen atoms in total. The van der Waals surface area contributed by atoms with E-state index < -0.39 is 0 Å². The fraction of sp³-hybridized carbons (Fsp3) is 0.412. The number of likely N-dealkylation sites (tertiary alicyclic amines) is 1. The van der Waals surface area contributed by atoms with Gasteiger partial charge in [0.15, 0.2) is 0 Å². The first-order valence-corrected chi connectivity index (χ1v) is 8.15. The number of aromatic nitrogens is 2. The molecular weight excluding hydrogens is 290 g/mol. The van der Waals surface area contributed by atoms with Gasteiger partial charge in [0, 0.05) is 56.2 Å². The Kier molecular flexibility index (Phi) is 3.53. The van der Waals surface area contributed by atoms with Crippen LogP contribution in [-0.4, -0.2) is 52.5 Å². The normalized spacial score (nSPS) is 19.0. The lowest BCUT2D eigenvalue weighted by Gasteiger charge is -2.26. The minimum atomic E-state index is 0.0990. The van der Waals surface area contributed by atoms with Crippen LogP contribution in [0.15, 0.2) is 24.7 Å². The van der Waals surface area contributed by atoms with Gasteiger partial charge in [0.05, 0.1) is 5.56 Å². The molecular formula is C17H21N5O. The third-order valence-electron chi connectivity index (χ3n) is 4.63. The largest absolute Gasteiger partial charge is 0.346 e. The first-order chi connectivity index (χ1) is 11.2. The van der Waals surface area contributed by atoms with E-state index in [1.54, 1.807) is 6.20 Å². The molecule has 0 radical (unpaired) electrons. The first-order valence-electron chi connectivity index (χ1n) is 8.15. The number of nitrogens with zero attached hydrogens (tertiary/aromatic N) is 3. The number of aromatic amines is 1. The maximum Gasteiger partial charge on any atom is 0.255 e. The van der Waals surface area contributed by atoms with E-state index in [1.165, 1.54) is 12.0 Å². The number of hydrogen-bond donors (Lipinski definition) is 2. The molecule has 0 aromatic carbocycles. The zero-order valence-electron chi connectivity index (χ0n) is 13.3. The smallest absolute Gasteiger partial charge is 0.255 e. The summed E-state index contributed by atoms with van der Waals surface area (Å²) in [4.78, 5) is 22.3. The van der Waals surface area contributed by atoms with Gasteiger partial charge in [-0.3, -0.25) is 4.79 Å². The van der Waals surface area contributed by atoms with E-state index in [0.717, 1.165) is 49.1 Å². The average molecular weight is 311 g/mol. The van der Waals surface area contributed by atoms with E-state index in [0.29, 0.717) is 5.56 Å². The van der Waals surface area contributed by atoms with Crippen LogP contribution in [0.3, 0.4) is 0 Å². The third kappa shape index (κ3) is 2.59. The zero-order valence-corrected chi connectivity index (χ0v) is 13.3. The fourth-order valence-electron chi connectivity index (χ4n) is 3.36. The van der Waals surface area contributed by atoms with Gasteiger partial charge in [-0.25, -0.2) is 9.99 Å². The molecule has 1 fully saturated rings. The standard InChI is InChI=1S/C17H21N5O/c1-21-11-13(9-20-21)15-10-19-16-14(15)7-12(8-18-16)17(23)22-5-3-2-4-6-22/h7-10,20H,2-6,11H2,1H3,(H,18,19). The molecule has 0 atom stereocenters. The molecule has 0 aliphatic carbocycles. The maximum absolute atomic E-state index is 12.7. The van der Waals surface area contributed by atoms with Crippen LogP contribution >= 0.6 is 0 Å². The van der Waals surface area contributed by atoms with Crippen LogP contribution in [0.4, 0.5) is 0 Å². The van der Waals surface area contributed by atoms with Crippen molar-refractivity contribution >= 4 is 22.5 Å². The number of pyridine rings is 1. The Morgan fingerprint density at radius 3 is 2.83 bits per heavy atom. The van der Waals surface area contributed by atoms with Gasteiger partial charge in [-0.2, -0.15) is 0 Å². The van der Waals surface area contributed by atoms with Crippen molar-refractivity contribution in [2.45, 2.75) is 19.3 Å². The summed E-state index contributed by atoms with van der Waals surface area (Å²) in [6, 6.07) is 1.98. The molecule has 6 heteroatoms. The van der Waals surface area contributed by atoms with Gasteiger partial charge < -0.3 is 15.3 Å². The molecule has 0 unspecified atom stereocenters. The molecule has 2 aliphatic heterocycles. The quantitative estimate of drug-likeness (QED) is 0.890. The van der Waals surface area contributed by atoms with Crippen LogP contribution in [0.5, 0.6) is 0 Å². The van der Waals surface area contributed by atoms with Crippen molar-refractivity contribution in [3.8, 4) is 0 Å². The second kappa shape index (κ2) is 5.70. The van der Waals surface area contributed by atoms with E-state index in [9.17, 15) is 4.79 Å². The van der Waals surface area contributed by atoms with Crippen molar-refractivity contribution in [2.75, 3.05) is 26.7 Å². The molecule has 4 rings (SSSR count). The highest BCUT2D eigenvalue weighted by Gasteiger charge is 2.21. The van der Waals surface area contributed by atoms with Crippen LogP contribution in [-0.2, 0) is 0 Å². The fourth-order valence-corrected chi connectivity index (χ4v) is 3.36. The number of hydrazine groups is 1. The maximum atomic E-state index is 12.7. The first kappa shape index (κ1) is 14.3. The SMILES string of the molecule is CN1CC(c2c[nH]c3ncc(C(=O)N4CCCCC4)cc23)=CN1. The molecule has 2 aliphatic rings. The van der Waals surface area contributed by atoms with E-state index >= 15 is 0 Å². The average Bonchev–Trinajstić information content (AvgIpc) is 3.20. The van der Waals surface area contributed by atoms with E-state index in [2.05, 4.69) is 15.4 Å². The minimum absolute atomic E-state index is 0.0990. The van der Waals surface area contributed by atoms with Crippen LogP contribution in [0.1, 0.15) is 35.2 Å². The number of hydrogen-bond acceptors (Lipinski definition) is 4. The van der Waals surface area contributed by atoms with Crippen molar-refractivity contribution in [3.05, 3.63) is 35.8 Å². The Morgan fingerprint density at radius 2 is 2.09 bits per heavy atom. The second-order valence-corrected chi connectivity index (χ2v) is 6.33. The number of nitrogens with one attached hydrogen (secondary N) is 2. The summed E-state index contributed by atoms with van der Waals surface area (Å²) in [6.45, 7) is 2.55. The predicted molar refractivity (Wildman–Crippen MR) is 89.6 cm³/mol. The third-order valence-corrected chi connectivity index (χ3v) is 4.63. The molecule has 1 amide bonds. The van der Waals surface area contributed by atoms with Crippen LogP contribution in [0.2, 0.25) is 0 Å². The number of likely N-dealkylation sites (N-methyl/N-ethyl adjacent to an activating group) is 1. The van der Waals surface area contributed by atoms with E-state index in [1.807, 2.05) is 35.4 Å². The van der Waals surface area contributed by atoms with Gasteiger partial charge >= 0.3 is 0 Å². The monoisotopic (exact) mass is 311 g/mol. The molecule has 1 saturated heterocycles. The Bertz CT molecular complexity index is 772. The summed E-state index contributed by atoms with van der Waals surface area (Å²) in [7, 11) is 2.00. The van der Waals surface area contributed by atoms with Crippen LogP contribution in [0, 0.1) is 0 Å². The molecule has 2 aromatic heterocycles. The summed E-state index contributed by atoms with van der Waals surface area (Å²) >= 11 is 0. The Morgan fingerprint density at radius 1 is 1.26 bits per heavy atom. The molecule has 2 N–H and O–H groups in total. The van der Waals surface area contributed by atoms with Crippen molar-refractivity contribution in [2.24, 2.45) is 0 Å². The van der Waals surface area contributed by atoms with Gasteiger partial charge in [0.25, 0.3) is 5.91 Å². The minimum Gasteiger partial charge on any atom is -0.346 e. The van der Waals surface area contributed by atoms with Crippen molar-refractivity contribution in [1.29, 1.82) is 0 Å². The highest BCUT2D eigenvalue weighted by molar-refractivity contribution is 5.99. The number of amides is 1. The zero-order chi connectivity index (χ0) is 15.8. The molecule has 2 aromatic rings. The Hall–Kier alpha value is -2.34. The Labute approximate surface area is 135 Å². The van der Waals surface area contributed by atoms with Gasteiger partial charge in [0.2, 0.25) is 0 Å². The number of carbonyl (C=O) groups is 1. The van der Waals surface area contributed by atoms with E-state index in [-0.39, 0.29) is 5.91 Å². The van der Waals surface area contributed by atoms with Crippen molar-refractivity contribution in [3.63, 3.8) is 0 Å². The lowest BCUT2D eigenvalue weighted by molar-refractivity contribution is 0.0724. The highest BCUT2D eigenvalue weighted by Crippen LogP contribution is 2.27. The molecule has 4 heterocycles. The molecule has 120 valence electrons. The molecule has 0 bridgehead atoms. The van der Waals surface area contributed by atoms with Crippen LogP contribution in [0.25, 0.3) is 16.6 Å². The number of rotatable bonds is 2. The number of carbonyl (C=O) groups excluding carboxylic acids is 1. The molecule has 0 spiro atoms. The predicted octanol–water partition coefficient (Wildman–Crippen LogP) is 1.98. The summed E-state index contributed by atoms with van der Waals surface area (Å²) < 4.78 is 0. The molecule has 23 heavy (non-hydrogen) atoms. The highest BCUT2D eigenvalue weighted by atomic mass is 16.2. The topological polar surface area (TPSA) is 64.3 Å². The summed E-state index contributed by atoms with van der Waals surface area (Å²) in [5.41, 5.74) is 6.99. The summed E-state index contributed by atoms with van der Waals surface area (Å²) in [6.07, 6.45) is 9.08. The van der Waals surface area contributed by atoms with Crippen molar-refractivity contribution in [1.82, 2.24) is 25.3 Å². The number of piperidine rings is 1. The Balaban J connectivity index is 1.68. The summed E-state index contributed by atoms with van der Waals surface area (Å²) in [5.74, 6) is 0.0990. The van der Waals surface area contributed by atoms with Gasteiger partial charge in [0.1, 0.15) is 5.65 Å². The van der Waals surface area contributed by atoms with Crippen LogP contribution < -0.4 is 5.43 Å².